The molecule has 4 saturated heterocycles. The zero-order valence-corrected chi connectivity index (χ0v) is 31.6. The van der Waals surface area contributed by atoms with Gasteiger partial charge in [0.1, 0.15) is 23.9 Å². The monoisotopic (exact) mass is 695 g/mol. The van der Waals surface area contributed by atoms with Crippen LogP contribution in [0.15, 0.2) is 0 Å². The van der Waals surface area contributed by atoms with Crippen LogP contribution in [-0.4, -0.2) is 145 Å². The molecule has 1 N–H and O–H groups in total. The minimum Gasteiger partial charge on any atom is -0.458 e. The third-order valence-electron chi connectivity index (χ3n) is 11.8. The van der Waals surface area contributed by atoms with Crippen molar-refractivity contribution < 1.29 is 48.0 Å². The number of likely N-dealkylation sites (tertiary alicyclic amines) is 1. The van der Waals surface area contributed by atoms with Gasteiger partial charge in [-0.1, -0.05) is 27.7 Å². The molecule has 4 heterocycles. The molecule has 4 rings (SSSR count). The summed E-state index contributed by atoms with van der Waals surface area (Å²) in [6, 6.07) is -0.982. The molecule has 280 valence electrons. The van der Waals surface area contributed by atoms with Crippen LogP contribution < -0.4 is 0 Å². The number of hydrogen-bond acceptors (Lipinski definition) is 12. The fraction of sp³-hybridized carbons (Fsp3) is 0.889. The van der Waals surface area contributed by atoms with Gasteiger partial charge in [-0.3, -0.25) is 19.3 Å². The maximum absolute atomic E-state index is 14.5. The van der Waals surface area contributed by atoms with Crippen molar-refractivity contribution in [1.82, 2.24) is 14.7 Å². The Morgan fingerprint density at radius 3 is 2.18 bits per heavy atom. The lowest BCUT2D eigenvalue weighted by atomic mass is 9.73. The highest BCUT2D eigenvalue weighted by atomic mass is 16.7. The van der Waals surface area contributed by atoms with E-state index in [0.717, 1.165) is 13.1 Å². The average molecular weight is 696 g/mol. The van der Waals surface area contributed by atoms with Gasteiger partial charge in [0.05, 0.1) is 23.9 Å². The lowest BCUT2D eigenvalue weighted by Gasteiger charge is -2.47. The van der Waals surface area contributed by atoms with E-state index >= 15 is 0 Å². The molecule has 4 aliphatic rings. The summed E-state index contributed by atoms with van der Waals surface area (Å²) in [5.74, 6) is -4.51. The van der Waals surface area contributed by atoms with Gasteiger partial charge in [0.25, 0.3) is 0 Å². The number of cyclic esters (lactones) is 1. The van der Waals surface area contributed by atoms with Gasteiger partial charge in [-0.15, -0.1) is 0 Å². The van der Waals surface area contributed by atoms with Gasteiger partial charge in [-0.2, -0.15) is 0 Å². The Balaban J connectivity index is 1.77. The number of aliphatic hydroxyl groups excluding tert-OH is 1. The summed E-state index contributed by atoms with van der Waals surface area (Å²) in [6.07, 6.45) is -3.80. The number of rotatable bonds is 7. The van der Waals surface area contributed by atoms with Gasteiger partial charge in [0.15, 0.2) is 17.7 Å². The number of ketones is 2. The smallest absolute Gasteiger partial charge is 0.410 e. The second-order valence-corrected chi connectivity index (χ2v) is 15.9. The number of aliphatic hydroxyl groups is 1. The molecule has 0 saturated carbocycles. The number of hydrogen-bond donors (Lipinski definition) is 1. The largest absolute Gasteiger partial charge is 0.458 e. The Morgan fingerprint density at radius 2 is 1.63 bits per heavy atom. The highest BCUT2D eigenvalue weighted by Gasteiger charge is 2.61. The normalized spacial score (nSPS) is 43.6. The van der Waals surface area contributed by atoms with Crippen molar-refractivity contribution in [2.24, 2.45) is 29.6 Å². The van der Waals surface area contributed by atoms with Crippen LogP contribution in [0.4, 0.5) is 4.79 Å². The number of nitrogens with zero attached hydrogens (tertiary/aromatic N) is 3. The number of ether oxygens (including phenoxy) is 5. The van der Waals surface area contributed by atoms with E-state index in [2.05, 4.69) is 4.90 Å². The molecule has 0 unspecified atom stereocenters. The van der Waals surface area contributed by atoms with Gasteiger partial charge in [0, 0.05) is 56.5 Å². The van der Waals surface area contributed by atoms with Gasteiger partial charge in [-0.25, -0.2) is 4.79 Å². The Hall–Kier alpha value is -2.16. The van der Waals surface area contributed by atoms with Crippen LogP contribution in [0.2, 0.25) is 0 Å². The van der Waals surface area contributed by atoms with Crippen molar-refractivity contribution in [2.75, 3.05) is 47.9 Å². The fourth-order valence-corrected chi connectivity index (χ4v) is 8.89. The standard InChI is InChI=1S/C36H61N3O10/c1-13-26-36(8)30(39(34(44)49-36)18-24-16-38(11)17-24)21(4)27(40)19(2)15-35(7,45-12)31(22(5)28(41)23(6)32(43)47-26)48-33-29(42)25(37(9)10)14-20(3)46-33/h19-26,29-31,33,42H,13-18H2,1-12H3/t19-,20-,21+,22+,23-,25+,26-,29-,30-,31-,33+,35-,36-/m1/s1. The summed E-state index contributed by atoms with van der Waals surface area (Å²) in [7, 11) is 7.27. The average Bonchev–Trinajstić information content (AvgIpc) is 3.29. The van der Waals surface area contributed by atoms with E-state index in [9.17, 15) is 24.3 Å². The second-order valence-electron chi connectivity index (χ2n) is 15.9. The van der Waals surface area contributed by atoms with Crippen molar-refractivity contribution in [2.45, 2.75) is 129 Å². The minimum absolute atomic E-state index is 0.117. The molecule has 0 aromatic carbocycles. The number of carbonyl (C=O) groups is 4. The lowest BCUT2D eigenvalue weighted by molar-refractivity contribution is -0.295. The Bertz CT molecular complexity index is 1230. The van der Waals surface area contributed by atoms with Crippen molar-refractivity contribution in [1.29, 1.82) is 0 Å². The third-order valence-corrected chi connectivity index (χ3v) is 11.8. The van der Waals surface area contributed by atoms with E-state index in [-0.39, 0.29) is 30.3 Å². The van der Waals surface area contributed by atoms with Gasteiger partial charge < -0.3 is 38.6 Å². The predicted octanol–water partition coefficient (Wildman–Crippen LogP) is 2.75. The molecule has 4 aliphatic heterocycles. The SMILES string of the molecule is CC[C@H]1OC(=O)[C@H](C)C(=O)[C@H](C)[C@@H](O[C@@H]2O[C@H](C)C[C@H](N(C)C)[C@H]2O)[C@](C)(OC)C[C@@H](C)C(=O)[C@H](C)[C@H]2N(CC3CN(C)C3)C(=O)O[C@]12C. The Labute approximate surface area is 292 Å². The molecule has 49 heavy (non-hydrogen) atoms. The van der Waals surface area contributed by atoms with Gasteiger partial charge in [0.2, 0.25) is 0 Å². The summed E-state index contributed by atoms with van der Waals surface area (Å²) in [5.41, 5.74) is -2.57. The number of carbonyl (C=O) groups excluding carboxylic acids is 4. The van der Waals surface area contributed by atoms with Gasteiger partial charge in [-0.05, 0) is 68.1 Å². The highest BCUT2D eigenvalue weighted by Crippen LogP contribution is 2.43. The van der Waals surface area contributed by atoms with E-state index in [0.29, 0.717) is 19.4 Å². The molecule has 0 aromatic rings. The molecule has 0 bridgehead atoms. The first-order valence-electron chi connectivity index (χ1n) is 18.0. The van der Waals surface area contributed by atoms with Crippen molar-refractivity contribution in [3.63, 3.8) is 0 Å². The summed E-state index contributed by atoms with van der Waals surface area (Å²) in [4.78, 5) is 61.8. The molecule has 0 aliphatic carbocycles. The minimum atomic E-state index is -1.34. The fourth-order valence-electron chi connectivity index (χ4n) is 8.89. The molecule has 0 spiro atoms. The molecule has 0 aromatic heterocycles. The van der Waals surface area contributed by atoms with Crippen molar-refractivity contribution >= 4 is 23.6 Å². The molecular weight excluding hydrogens is 634 g/mol. The van der Waals surface area contributed by atoms with Crippen molar-refractivity contribution in [3.8, 4) is 0 Å². The predicted molar refractivity (Wildman–Crippen MR) is 181 cm³/mol. The van der Waals surface area contributed by atoms with Crippen LogP contribution in [0, 0.1) is 29.6 Å². The zero-order valence-electron chi connectivity index (χ0n) is 31.6. The summed E-state index contributed by atoms with van der Waals surface area (Å²) in [5, 5.41) is 11.4. The first kappa shape index (κ1) is 39.6. The molecule has 0 radical (unpaired) electrons. The number of fused-ring (bicyclic) bond motifs is 1. The van der Waals surface area contributed by atoms with Crippen LogP contribution in [0.3, 0.4) is 0 Å². The molecule has 4 fully saturated rings. The molecule has 13 heteroatoms. The summed E-state index contributed by atoms with van der Waals surface area (Å²) < 4.78 is 31.0. The first-order valence-corrected chi connectivity index (χ1v) is 18.0. The topological polar surface area (TPSA) is 144 Å². The van der Waals surface area contributed by atoms with Crippen LogP contribution in [-0.2, 0) is 38.1 Å². The Kier molecular flexibility index (Phi) is 12.3. The molecular formula is C36H61N3O10. The van der Waals surface area contributed by atoms with Gasteiger partial charge >= 0.3 is 12.1 Å². The van der Waals surface area contributed by atoms with Crippen LogP contribution in [0.25, 0.3) is 0 Å². The van der Waals surface area contributed by atoms with E-state index in [1.165, 1.54) is 14.0 Å². The maximum Gasteiger partial charge on any atom is 0.410 e. The number of esters is 1. The van der Waals surface area contributed by atoms with Crippen LogP contribution >= 0.6 is 0 Å². The summed E-state index contributed by atoms with van der Waals surface area (Å²) in [6.45, 7) is 16.1. The Morgan fingerprint density at radius 1 is 1.00 bits per heavy atom. The number of likely N-dealkylation sites (N-methyl/N-ethyl adjacent to an activating group) is 1. The zero-order chi connectivity index (χ0) is 36.7. The second kappa shape index (κ2) is 15.2. The van der Waals surface area contributed by atoms with E-state index in [4.69, 9.17) is 23.7 Å². The maximum atomic E-state index is 14.5. The summed E-state index contributed by atoms with van der Waals surface area (Å²) >= 11 is 0. The van der Waals surface area contributed by atoms with E-state index in [1.807, 2.05) is 53.7 Å². The van der Waals surface area contributed by atoms with Crippen molar-refractivity contribution in [3.05, 3.63) is 0 Å². The third kappa shape index (κ3) is 7.72. The highest BCUT2D eigenvalue weighted by molar-refractivity contribution is 6.00. The quantitative estimate of drug-likeness (QED) is 0.309. The molecule has 13 nitrogen and oxygen atoms in total. The van der Waals surface area contributed by atoms with Crippen LogP contribution in [0.5, 0.6) is 0 Å². The number of Topliss-reactive ketones (excluding diaryl/α,β-unsaturated/α-hetero) is 2. The first-order chi connectivity index (χ1) is 22.8. The lowest BCUT2D eigenvalue weighted by Crippen LogP contribution is -2.61. The van der Waals surface area contributed by atoms with E-state index in [1.54, 1.807) is 25.7 Å². The number of methoxy groups -OCH3 is 1. The number of amides is 1. The molecule has 13 atom stereocenters. The van der Waals surface area contributed by atoms with Crippen LogP contribution in [0.1, 0.15) is 74.7 Å². The van der Waals surface area contributed by atoms with E-state index < -0.39 is 83.4 Å². The molecule has 1 amide bonds.